The third-order valence-electron chi connectivity index (χ3n) is 6.02. The van der Waals surface area contributed by atoms with Gasteiger partial charge in [0.15, 0.2) is 0 Å². The highest BCUT2D eigenvalue weighted by molar-refractivity contribution is 6.34. The molecule has 0 saturated carbocycles. The molecule has 3 amide bonds. The molecule has 1 saturated heterocycles. The number of anilines is 2. The Bertz CT molecular complexity index is 1300. The van der Waals surface area contributed by atoms with E-state index in [1.165, 1.54) is 12.1 Å². The number of hydrogen-bond donors (Lipinski definition) is 0. The molecule has 176 valence electrons. The number of nitrogens with zero attached hydrogens (tertiary/aromatic N) is 2. The SMILES string of the molecule is CCOc1ccccc1N1C[C@H](C(=O)Oc2ccc(N3C(=O)c4ccccc4C3=O)cc2)CC1=O. The minimum Gasteiger partial charge on any atom is -0.492 e. The van der Waals surface area contributed by atoms with Crippen LogP contribution in [0.2, 0.25) is 0 Å². The van der Waals surface area contributed by atoms with E-state index < -0.39 is 23.7 Å². The standard InChI is InChI=1S/C27H22N2O6/c1-2-34-23-10-6-5-9-22(23)28-16-17(15-24(28)30)27(33)35-19-13-11-18(12-14-19)29-25(31)20-7-3-4-8-21(20)26(29)32/h3-14,17H,2,15-16H2,1H3/t17-/m1/s1. The zero-order valence-electron chi connectivity index (χ0n) is 19.0. The van der Waals surface area contributed by atoms with Gasteiger partial charge in [-0.1, -0.05) is 24.3 Å². The molecular formula is C27H22N2O6. The fourth-order valence-corrected chi connectivity index (χ4v) is 4.34. The Kier molecular flexibility index (Phi) is 5.78. The van der Waals surface area contributed by atoms with Crippen molar-refractivity contribution in [3.8, 4) is 11.5 Å². The van der Waals surface area contributed by atoms with E-state index in [1.54, 1.807) is 53.4 Å². The van der Waals surface area contributed by atoms with Crippen molar-refractivity contribution in [3.05, 3.63) is 83.9 Å². The van der Waals surface area contributed by atoms with Crippen LogP contribution >= 0.6 is 0 Å². The summed E-state index contributed by atoms with van der Waals surface area (Å²) >= 11 is 0. The lowest BCUT2D eigenvalue weighted by atomic mass is 10.1. The molecule has 2 aliphatic heterocycles. The van der Waals surface area contributed by atoms with Crippen molar-refractivity contribution in [1.82, 2.24) is 0 Å². The van der Waals surface area contributed by atoms with Crippen LogP contribution in [0.5, 0.6) is 11.5 Å². The molecule has 35 heavy (non-hydrogen) atoms. The predicted molar refractivity (Wildman–Crippen MR) is 128 cm³/mol. The van der Waals surface area contributed by atoms with Gasteiger partial charge in [-0.2, -0.15) is 0 Å². The van der Waals surface area contributed by atoms with Crippen molar-refractivity contribution in [1.29, 1.82) is 0 Å². The van der Waals surface area contributed by atoms with Crippen molar-refractivity contribution >= 4 is 35.1 Å². The van der Waals surface area contributed by atoms with E-state index in [0.717, 1.165) is 4.90 Å². The van der Waals surface area contributed by atoms with Gasteiger partial charge in [0, 0.05) is 13.0 Å². The maximum Gasteiger partial charge on any atom is 0.316 e. The fraction of sp³-hybridized carbons (Fsp3) is 0.185. The highest BCUT2D eigenvalue weighted by Crippen LogP contribution is 2.34. The van der Waals surface area contributed by atoms with Gasteiger partial charge in [-0.05, 0) is 55.5 Å². The van der Waals surface area contributed by atoms with Crippen molar-refractivity contribution in [3.63, 3.8) is 0 Å². The number of rotatable bonds is 6. The third-order valence-corrected chi connectivity index (χ3v) is 6.02. The van der Waals surface area contributed by atoms with Crippen molar-refractivity contribution < 1.29 is 28.7 Å². The molecule has 0 spiro atoms. The topological polar surface area (TPSA) is 93.2 Å². The molecule has 0 aromatic heterocycles. The Balaban J connectivity index is 1.26. The molecule has 0 bridgehead atoms. The number of esters is 1. The number of ether oxygens (including phenoxy) is 2. The second-order valence-electron chi connectivity index (χ2n) is 8.21. The van der Waals surface area contributed by atoms with Crippen LogP contribution in [0.15, 0.2) is 72.8 Å². The van der Waals surface area contributed by atoms with E-state index in [-0.39, 0.29) is 24.6 Å². The molecule has 0 N–H and O–H groups in total. The first-order valence-electron chi connectivity index (χ1n) is 11.3. The number of fused-ring (bicyclic) bond motifs is 1. The molecule has 1 fully saturated rings. The molecule has 0 radical (unpaired) electrons. The van der Waals surface area contributed by atoms with Crippen LogP contribution in [0.1, 0.15) is 34.1 Å². The van der Waals surface area contributed by atoms with Gasteiger partial charge in [-0.15, -0.1) is 0 Å². The molecule has 2 heterocycles. The summed E-state index contributed by atoms with van der Waals surface area (Å²) in [5.41, 5.74) is 1.72. The zero-order valence-corrected chi connectivity index (χ0v) is 19.0. The summed E-state index contributed by atoms with van der Waals surface area (Å²) in [5.74, 6) is -1.28. The summed E-state index contributed by atoms with van der Waals surface area (Å²) in [4.78, 5) is 53.4. The van der Waals surface area contributed by atoms with E-state index in [4.69, 9.17) is 9.47 Å². The molecule has 0 unspecified atom stereocenters. The maximum absolute atomic E-state index is 12.8. The number of benzene rings is 3. The summed E-state index contributed by atoms with van der Waals surface area (Å²) in [6.45, 7) is 2.51. The van der Waals surface area contributed by atoms with E-state index >= 15 is 0 Å². The van der Waals surface area contributed by atoms with Gasteiger partial charge in [0.2, 0.25) is 5.91 Å². The van der Waals surface area contributed by atoms with Gasteiger partial charge in [-0.25, -0.2) is 4.90 Å². The second-order valence-corrected chi connectivity index (χ2v) is 8.21. The number of carbonyl (C=O) groups is 4. The summed E-state index contributed by atoms with van der Waals surface area (Å²) < 4.78 is 11.1. The van der Waals surface area contributed by atoms with Gasteiger partial charge in [0.05, 0.1) is 35.0 Å². The summed E-state index contributed by atoms with van der Waals surface area (Å²) in [6, 6.07) is 20.0. The number of hydrogen-bond acceptors (Lipinski definition) is 6. The van der Waals surface area contributed by atoms with Crippen LogP contribution in [0, 0.1) is 5.92 Å². The quantitative estimate of drug-likeness (QED) is 0.309. The average Bonchev–Trinajstić information content (AvgIpc) is 3.38. The Morgan fingerprint density at radius 1 is 0.886 bits per heavy atom. The lowest BCUT2D eigenvalue weighted by Crippen LogP contribution is -2.29. The summed E-state index contributed by atoms with van der Waals surface area (Å²) in [5, 5.41) is 0. The van der Waals surface area contributed by atoms with Gasteiger partial charge in [-0.3, -0.25) is 19.2 Å². The largest absolute Gasteiger partial charge is 0.492 e. The Labute approximate surface area is 201 Å². The molecule has 2 aliphatic rings. The van der Waals surface area contributed by atoms with Gasteiger partial charge < -0.3 is 14.4 Å². The van der Waals surface area contributed by atoms with Crippen LogP contribution < -0.4 is 19.3 Å². The number of amides is 3. The first-order valence-corrected chi connectivity index (χ1v) is 11.3. The van der Waals surface area contributed by atoms with Crippen molar-refractivity contribution in [2.24, 2.45) is 5.92 Å². The first-order chi connectivity index (χ1) is 17.0. The Morgan fingerprint density at radius 2 is 1.51 bits per heavy atom. The maximum atomic E-state index is 12.8. The van der Waals surface area contributed by atoms with Crippen LogP contribution in [0.4, 0.5) is 11.4 Å². The van der Waals surface area contributed by atoms with Crippen LogP contribution in [0.25, 0.3) is 0 Å². The smallest absolute Gasteiger partial charge is 0.316 e. The molecule has 1 atom stereocenters. The average molecular weight is 470 g/mol. The van der Waals surface area contributed by atoms with Gasteiger partial charge >= 0.3 is 5.97 Å². The summed E-state index contributed by atoms with van der Waals surface area (Å²) in [7, 11) is 0. The predicted octanol–water partition coefficient (Wildman–Crippen LogP) is 3.84. The molecule has 8 nitrogen and oxygen atoms in total. The fourth-order valence-electron chi connectivity index (χ4n) is 4.34. The van der Waals surface area contributed by atoms with Gasteiger partial charge in [0.1, 0.15) is 11.5 Å². The van der Waals surface area contributed by atoms with Crippen LogP contribution in [-0.2, 0) is 9.59 Å². The van der Waals surface area contributed by atoms with Gasteiger partial charge in [0.25, 0.3) is 11.8 Å². The van der Waals surface area contributed by atoms with E-state index in [2.05, 4.69) is 0 Å². The summed E-state index contributed by atoms with van der Waals surface area (Å²) in [6.07, 6.45) is 0.0341. The van der Waals surface area contributed by atoms with Crippen molar-refractivity contribution in [2.75, 3.05) is 23.0 Å². The number of imide groups is 1. The minimum atomic E-state index is -0.631. The third kappa shape index (κ3) is 4.03. The monoisotopic (exact) mass is 470 g/mol. The number of carbonyl (C=O) groups excluding carboxylic acids is 4. The lowest BCUT2D eigenvalue weighted by molar-refractivity contribution is -0.139. The zero-order chi connectivity index (χ0) is 24.5. The minimum absolute atomic E-state index is 0.0341. The van der Waals surface area contributed by atoms with E-state index in [0.29, 0.717) is 34.9 Å². The highest BCUT2D eigenvalue weighted by Gasteiger charge is 2.38. The van der Waals surface area contributed by atoms with E-state index in [9.17, 15) is 19.2 Å². The number of para-hydroxylation sites is 2. The molecular weight excluding hydrogens is 448 g/mol. The molecule has 3 aromatic carbocycles. The normalized spacial score (nSPS) is 17.1. The van der Waals surface area contributed by atoms with Crippen molar-refractivity contribution in [2.45, 2.75) is 13.3 Å². The van der Waals surface area contributed by atoms with E-state index in [1.807, 2.05) is 19.1 Å². The van der Waals surface area contributed by atoms with Crippen LogP contribution in [0.3, 0.4) is 0 Å². The molecule has 5 rings (SSSR count). The molecule has 0 aliphatic carbocycles. The second kappa shape index (κ2) is 9.06. The van der Waals surface area contributed by atoms with Crippen LogP contribution in [-0.4, -0.2) is 36.8 Å². The first kappa shape index (κ1) is 22.3. The Hall–Kier alpha value is -4.46. The highest BCUT2D eigenvalue weighted by atomic mass is 16.5. The lowest BCUT2D eigenvalue weighted by Gasteiger charge is -2.20. The molecule has 3 aromatic rings. The Morgan fingerprint density at radius 3 is 2.17 bits per heavy atom. The molecule has 8 heteroatoms.